The van der Waals surface area contributed by atoms with E-state index in [0.717, 1.165) is 12.1 Å². The Bertz CT molecular complexity index is 710. The monoisotopic (exact) mass is 352 g/mol. The Balaban J connectivity index is 3.17. The topological polar surface area (TPSA) is 167 Å². The maximum Gasteiger partial charge on any atom is 0.177 e. The lowest BCUT2D eigenvalue weighted by Crippen LogP contribution is -2.13. The van der Waals surface area contributed by atoms with Crippen molar-refractivity contribution in [1.82, 2.24) is 0 Å². The van der Waals surface area contributed by atoms with Crippen LogP contribution >= 0.6 is 0 Å². The summed E-state index contributed by atoms with van der Waals surface area (Å²) in [6, 6.07) is 1.74. The van der Waals surface area contributed by atoms with Crippen LogP contribution in [0.5, 0.6) is 11.5 Å². The second-order valence-electron chi connectivity index (χ2n) is 3.80. The molecule has 0 atom stereocenters. The molecule has 0 aliphatic rings. The summed E-state index contributed by atoms with van der Waals surface area (Å²) in [7, 11) is -9.47. The summed E-state index contributed by atoms with van der Waals surface area (Å²) in [5.74, 6) is -3.34. The Morgan fingerprint density at radius 3 is 1.36 bits per heavy atom. The molecule has 1 rings (SSSR count). The highest BCUT2D eigenvalue weighted by atomic mass is 32.2. The third-order valence-corrected chi connectivity index (χ3v) is 2.93. The van der Waals surface area contributed by atoms with Gasteiger partial charge in [0.2, 0.25) is 0 Å². The highest BCUT2D eigenvalue weighted by Gasteiger charge is 2.13. The molecule has 0 heterocycles. The first-order valence-corrected chi connectivity index (χ1v) is 8.42. The van der Waals surface area contributed by atoms with E-state index in [4.69, 9.17) is 0 Å². The highest BCUT2D eigenvalue weighted by Crippen LogP contribution is 2.27. The van der Waals surface area contributed by atoms with Crippen LogP contribution in [-0.2, 0) is 20.2 Å². The molecule has 22 heavy (non-hydrogen) atoms. The van der Waals surface area contributed by atoms with Gasteiger partial charge in [0.25, 0.3) is 0 Å². The van der Waals surface area contributed by atoms with E-state index in [2.05, 4.69) is 9.47 Å². The molecule has 122 valence electrons. The smallest absolute Gasteiger partial charge is 0.177 e. The van der Waals surface area contributed by atoms with Gasteiger partial charge in [-0.3, -0.25) is 9.59 Å². The molecule has 10 nitrogen and oxygen atoms in total. The lowest BCUT2D eigenvalue weighted by atomic mass is 10.1. The molecule has 0 aliphatic carbocycles. The van der Waals surface area contributed by atoms with Crippen LogP contribution in [0.25, 0.3) is 0 Å². The van der Waals surface area contributed by atoms with Crippen LogP contribution in [0.3, 0.4) is 0 Å². The van der Waals surface area contributed by atoms with Crippen LogP contribution in [-0.4, -0.2) is 50.4 Å². The second-order valence-corrected chi connectivity index (χ2v) is 6.51. The summed E-state index contributed by atoms with van der Waals surface area (Å²) in [4.78, 5) is 21.7. The van der Waals surface area contributed by atoms with Gasteiger partial charge in [-0.25, -0.2) is 16.8 Å². The van der Waals surface area contributed by atoms with Gasteiger partial charge in [-0.1, -0.05) is 0 Å². The van der Waals surface area contributed by atoms with Crippen molar-refractivity contribution in [2.45, 2.75) is 0 Å². The molecule has 1 aromatic carbocycles. The van der Waals surface area contributed by atoms with Crippen molar-refractivity contribution in [3.8, 4) is 11.5 Å². The zero-order valence-corrected chi connectivity index (χ0v) is 12.3. The van der Waals surface area contributed by atoms with Crippen molar-refractivity contribution >= 4 is 32.8 Å². The minimum absolute atomic E-state index is 0.194. The summed E-state index contributed by atoms with van der Waals surface area (Å²) in [6.45, 7) is 0. The van der Waals surface area contributed by atoms with Crippen molar-refractivity contribution in [1.29, 1.82) is 0 Å². The summed E-state index contributed by atoms with van der Waals surface area (Å²) in [5, 5.41) is 0. The first kappa shape index (κ1) is 18.0. The molecular weight excluding hydrogens is 344 g/mol. The third kappa shape index (κ3) is 5.77. The number of ether oxygens (including phenoxy) is 2. The van der Waals surface area contributed by atoms with Gasteiger partial charge in [-0.05, 0) is 12.1 Å². The van der Waals surface area contributed by atoms with E-state index in [1.54, 1.807) is 0 Å². The number of carbonyl (C=O) groups excluding carboxylic acids is 2. The summed E-state index contributed by atoms with van der Waals surface area (Å²) in [5.41, 5.74) is -0.625. The largest absolute Gasteiger partial charge is 0.745 e. The van der Waals surface area contributed by atoms with Gasteiger partial charge in [0, 0.05) is 0 Å². The van der Waals surface area contributed by atoms with E-state index in [0.29, 0.717) is 0 Å². The first-order chi connectivity index (χ1) is 10.1. The zero-order chi connectivity index (χ0) is 17.0. The summed E-state index contributed by atoms with van der Waals surface area (Å²) in [6.07, 6.45) is 0.389. The van der Waals surface area contributed by atoms with Gasteiger partial charge >= 0.3 is 0 Å². The molecule has 0 aliphatic heterocycles. The van der Waals surface area contributed by atoms with Crippen molar-refractivity contribution < 1.29 is 45.0 Å². The van der Waals surface area contributed by atoms with Gasteiger partial charge in [0.15, 0.2) is 24.5 Å². The van der Waals surface area contributed by atoms with Crippen molar-refractivity contribution in [3.63, 3.8) is 0 Å². The maximum absolute atomic E-state index is 10.9. The Kier molecular flexibility index (Phi) is 5.59. The van der Waals surface area contributed by atoms with E-state index < -0.39 is 43.6 Å². The zero-order valence-electron chi connectivity index (χ0n) is 10.6. The number of hydrogen-bond donors (Lipinski definition) is 0. The molecule has 1 aromatic rings. The molecule has 0 bridgehead atoms. The molecule has 0 spiro atoms. The number of hydrogen-bond acceptors (Lipinski definition) is 10. The van der Waals surface area contributed by atoms with Crippen LogP contribution in [0, 0.1) is 0 Å². The Hall–Kier alpha value is -2.02. The Morgan fingerprint density at radius 1 is 0.818 bits per heavy atom. The fourth-order valence-corrected chi connectivity index (χ4v) is 1.84. The minimum atomic E-state index is -4.73. The molecule has 0 amide bonds. The van der Waals surface area contributed by atoms with Crippen molar-refractivity contribution in [2.75, 3.05) is 11.9 Å². The molecule has 0 radical (unpaired) electrons. The molecule has 0 saturated carbocycles. The molecule has 0 aromatic heterocycles. The van der Waals surface area contributed by atoms with E-state index >= 15 is 0 Å². The fraction of sp³-hybridized carbons (Fsp3) is 0.200. The molecular formula is C10H8O10S2-2. The summed E-state index contributed by atoms with van der Waals surface area (Å²) >= 11 is 0. The molecule has 0 fully saturated rings. The van der Waals surface area contributed by atoms with E-state index in [-0.39, 0.29) is 23.7 Å². The normalized spacial score (nSPS) is 11.7. The van der Waals surface area contributed by atoms with Gasteiger partial charge in [-0.15, -0.1) is 0 Å². The van der Waals surface area contributed by atoms with Gasteiger partial charge < -0.3 is 18.6 Å². The highest BCUT2D eigenvalue weighted by molar-refractivity contribution is 7.85. The van der Waals surface area contributed by atoms with E-state index in [1.165, 1.54) is 0 Å². The van der Waals surface area contributed by atoms with Crippen LogP contribution in [0.2, 0.25) is 0 Å². The average molecular weight is 352 g/mol. The Labute approximate surface area is 125 Å². The second kappa shape index (κ2) is 6.83. The number of rotatable bonds is 8. The fourth-order valence-electron chi connectivity index (χ4n) is 1.30. The minimum Gasteiger partial charge on any atom is -0.745 e. The van der Waals surface area contributed by atoms with Crippen LogP contribution in [0.4, 0.5) is 0 Å². The predicted octanol–water partition coefficient (Wildman–Crippen LogP) is -0.925. The molecule has 0 saturated heterocycles. The van der Waals surface area contributed by atoms with Gasteiger partial charge in [0.1, 0.15) is 31.7 Å². The maximum atomic E-state index is 10.9. The average Bonchev–Trinajstić information content (AvgIpc) is 2.40. The lowest BCUT2D eigenvalue weighted by Gasteiger charge is -2.15. The van der Waals surface area contributed by atoms with E-state index in [1.807, 2.05) is 0 Å². The van der Waals surface area contributed by atoms with Crippen molar-refractivity contribution in [2.24, 2.45) is 0 Å². The molecule has 0 unspecified atom stereocenters. The molecule has 0 N–H and O–H groups in total. The van der Waals surface area contributed by atoms with Gasteiger partial charge in [0.05, 0.1) is 11.1 Å². The predicted molar refractivity (Wildman–Crippen MR) is 67.6 cm³/mol. The summed E-state index contributed by atoms with van der Waals surface area (Å²) < 4.78 is 72.1. The first-order valence-electron chi connectivity index (χ1n) is 5.27. The number of carbonyl (C=O) groups is 2. The SMILES string of the molecule is O=Cc1cc(OCS(=O)(=O)[O-])c(C=O)cc1OCS(=O)(=O)[O-]. The standard InChI is InChI=1S/C10H10O10S2/c11-3-7-1-9(19-5-21(13,14)15)8(4-12)2-10(7)20-6-22(16,17)18/h1-4H,5-6H2,(H,13,14,15)(H,16,17,18)/p-2. The quantitative estimate of drug-likeness (QED) is 0.421. The molecule has 12 heteroatoms. The van der Waals surface area contributed by atoms with E-state index in [9.17, 15) is 35.5 Å². The number of aldehydes is 2. The van der Waals surface area contributed by atoms with Gasteiger partial charge in [-0.2, -0.15) is 0 Å². The van der Waals surface area contributed by atoms with Crippen molar-refractivity contribution in [3.05, 3.63) is 23.3 Å². The van der Waals surface area contributed by atoms with Crippen LogP contribution in [0.15, 0.2) is 12.1 Å². The number of benzene rings is 1. The Morgan fingerprint density at radius 2 is 1.14 bits per heavy atom. The lowest BCUT2D eigenvalue weighted by molar-refractivity contribution is 0.110. The van der Waals surface area contributed by atoms with Crippen LogP contribution in [0.1, 0.15) is 20.7 Å². The third-order valence-electron chi connectivity index (χ3n) is 2.11. The van der Waals surface area contributed by atoms with Crippen LogP contribution < -0.4 is 9.47 Å².